The number of carbonyl (C=O) groups excluding carboxylic acids is 1. The Morgan fingerprint density at radius 1 is 1.00 bits per heavy atom. The first-order valence-electron chi connectivity index (χ1n) is 7.38. The smallest absolute Gasteiger partial charge is 0.291 e. The molecule has 0 unspecified atom stereocenters. The fourth-order valence-corrected chi connectivity index (χ4v) is 2.70. The van der Waals surface area contributed by atoms with Crippen LogP contribution in [0.15, 0.2) is 52.9 Å². The minimum Gasteiger partial charge on any atom is -0.451 e. The van der Waals surface area contributed by atoms with Gasteiger partial charge in [0.15, 0.2) is 5.76 Å². The second kappa shape index (κ2) is 6.71. The number of aryl methyl sites for hydroxylation is 1. The van der Waals surface area contributed by atoms with Gasteiger partial charge in [-0.1, -0.05) is 41.4 Å². The molecule has 1 aromatic heterocycles. The van der Waals surface area contributed by atoms with Crippen LogP contribution in [0.1, 0.15) is 21.7 Å². The second-order valence-electron chi connectivity index (χ2n) is 5.49. The lowest BCUT2D eigenvalue weighted by Gasteiger charge is -2.06. The predicted octanol–water partition coefficient (Wildman–Crippen LogP) is 6.12. The number of nitrogens with one attached hydrogen (secondary N) is 1. The zero-order valence-electron chi connectivity index (χ0n) is 13.2. The van der Waals surface area contributed by atoms with Crippen LogP contribution in [-0.4, -0.2) is 5.91 Å². The third-order valence-electron chi connectivity index (χ3n) is 3.79. The molecule has 24 heavy (non-hydrogen) atoms. The number of rotatable bonds is 3. The van der Waals surface area contributed by atoms with Gasteiger partial charge in [-0.3, -0.25) is 4.79 Å². The van der Waals surface area contributed by atoms with Crippen molar-refractivity contribution in [3.63, 3.8) is 0 Å². The van der Waals surface area contributed by atoms with E-state index in [1.807, 2.05) is 38.1 Å². The van der Waals surface area contributed by atoms with E-state index in [1.165, 1.54) is 0 Å². The van der Waals surface area contributed by atoms with E-state index in [1.54, 1.807) is 24.3 Å². The normalized spacial score (nSPS) is 10.7. The second-order valence-corrected chi connectivity index (χ2v) is 6.31. The van der Waals surface area contributed by atoms with Gasteiger partial charge in [-0.25, -0.2) is 0 Å². The lowest BCUT2D eigenvalue weighted by Crippen LogP contribution is -2.10. The van der Waals surface area contributed by atoms with Crippen molar-refractivity contribution in [1.29, 1.82) is 0 Å². The molecule has 3 nitrogen and oxygen atoms in total. The van der Waals surface area contributed by atoms with Gasteiger partial charge < -0.3 is 9.73 Å². The minimum absolute atomic E-state index is 0.223. The Morgan fingerprint density at radius 2 is 1.79 bits per heavy atom. The highest BCUT2D eigenvalue weighted by Gasteiger charge is 2.14. The summed E-state index contributed by atoms with van der Waals surface area (Å²) in [5.74, 6) is 0.490. The van der Waals surface area contributed by atoms with E-state index in [0.717, 1.165) is 16.7 Å². The zero-order valence-corrected chi connectivity index (χ0v) is 14.7. The fourth-order valence-electron chi connectivity index (χ4n) is 2.34. The molecule has 1 N–H and O–H groups in total. The molecule has 0 fully saturated rings. The van der Waals surface area contributed by atoms with Crippen molar-refractivity contribution in [2.45, 2.75) is 13.8 Å². The number of furan rings is 1. The first-order chi connectivity index (χ1) is 11.5. The van der Waals surface area contributed by atoms with Crippen LogP contribution in [0.3, 0.4) is 0 Å². The first kappa shape index (κ1) is 16.6. The summed E-state index contributed by atoms with van der Waals surface area (Å²) in [5.41, 5.74) is 3.34. The summed E-state index contributed by atoms with van der Waals surface area (Å²) in [6.45, 7) is 3.81. The number of anilines is 1. The van der Waals surface area contributed by atoms with E-state index in [4.69, 9.17) is 27.6 Å². The third kappa shape index (κ3) is 3.32. The molecular weight excluding hydrogens is 345 g/mol. The van der Waals surface area contributed by atoms with Crippen LogP contribution in [0.5, 0.6) is 0 Å². The Morgan fingerprint density at radius 3 is 2.54 bits per heavy atom. The number of amides is 1. The molecule has 0 bridgehead atoms. The minimum atomic E-state index is -0.333. The van der Waals surface area contributed by atoms with Crippen molar-refractivity contribution >= 4 is 34.8 Å². The lowest BCUT2D eigenvalue weighted by molar-refractivity contribution is 0.0997. The Kier molecular flexibility index (Phi) is 4.65. The Balaban J connectivity index is 1.83. The molecule has 0 aliphatic rings. The van der Waals surface area contributed by atoms with Crippen molar-refractivity contribution in [3.05, 3.63) is 75.5 Å². The maximum Gasteiger partial charge on any atom is 0.291 e. The molecule has 0 saturated heterocycles. The monoisotopic (exact) mass is 359 g/mol. The van der Waals surface area contributed by atoms with E-state index in [0.29, 0.717) is 21.5 Å². The van der Waals surface area contributed by atoms with Crippen LogP contribution in [0.25, 0.3) is 11.3 Å². The average Bonchev–Trinajstić information content (AvgIpc) is 3.03. The summed E-state index contributed by atoms with van der Waals surface area (Å²) >= 11 is 12.2. The molecule has 1 heterocycles. The first-order valence-corrected chi connectivity index (χ1v) is 8.14. The fraction of sp³-hybridized carbons (Fsp3) is 0.105. The highest BCUT2D eigenvalue weighted by molar-refractivity contribution is 6.32. The maximum atomic E-state index is 12.3. The Bertz CT molecular complexity index is 915. The van der Waals surface area contributed by atoms with E-state index in [-0.39, 0.29) is 11.7 Å². The number of carbonyl (C=O) groups is 1. The van der Waals surface area contributed by atoms with Gasteiger partial charge in [0.1, 0.15) is 5.76 Å². The highest BCUT2D eigenvalue weighted by atomic mass is 35.5. The lowest BCUT2D eigenvalue weighted by atomic mass is 10.1. The average molecular weight is 360 g/mol. The Hall–Kier alpha value is -2.23. The van der Waals surface area contributed by atoms with Crippen molar-refractivity contribution in [2.24, 2.45) is 0 Å². The van der Waals surface area contributed by atoms with Crippen LogP contribution in [0, 0.1) is 13.8 Å². The molecule has 0 saturated carbocycles. The van der Waals surface area contributed by atoms with Gasteiger partial charge >= 0.3 is 0 Å². The van der Waals surface area contributed by atoms with Gasteiger partial charge in [-0.15, -0.1) is 0 Å². The van der Waals surface area contributed by atoms with Crippen molar-refractivity contribution in [2.75, 3.05) is 5.32 Å². The topological polar surface area (TPSA) is 42.2 Å². The molecule has 3 aromatic rings. The summed E-state index contributed by atoms with van der Waals surface area (Å²) in [4.78, 5) is 12.3. The number of benzene rings is 2. The zero-order chi connectivity index (χ0) is 17.3. The summed E-state index contributed by atoms with van der Waals surface area (Å²) in [7, 11) is 0. The van der Waals surface area contributed by atoms with Crippen LogP contribution < -0.4 is 5.32 Å². The standard InChI is InChI=1S/C19H15Cl2NO2/c1-11-6-7-13(10-16(11)21)22-19(23)18-9-8-17(24-18)14-4-3-5-15(20)12(14)2/h3-10H,1-2H3,(H,22,23). The summed E-state index contributed by atoms with van der Waals surface area (Å²) in [6, 6.07) is 14.3. The van der Waals surface area contributed by atoms with Gasteiger partial charge in [0.05, 0.1) is 0 Å². The maximum absolute atomic E-state index is 12.3. The molecule has 5 heteroatoms. The highest BCUT2D eigenvalue weighted by Crippen LogP contribution is 2.30. The third-order valence-corrected chi connectivity index (χ3v) is 4.61. The molecule has 0 radical (unpaired) electrons. The van der Waals surface area contributed by atoms with Gasteiger partial charge in [0, 0.05) is 21.3 Å². The van der Waals surface area contributed by atoms with Crippen LogP contribution in [-0.2, 0) is 0 Å². The molecule has 122 valence electrons. The molecule has 0 aliphatic carbocycles. The summed E-state index contributed by atoms with van der Waals surface area (Å²) in [5, 5.41) is 4.03. The van der Waals surface area contributed by atoms with Crippen molar-refractivity contribution < 1.29 is 9.21 Å². The number of hydrogen-bond acceptors (Lipinski definition) is 2. The summed E-state index contributed by atoms with van der Waals surface area (Å²) < 4.78 is 5.69. The number of halogens is 2. The summed E-state index contributed by atoms with van der Waals surface area (Å²) in [6.07, 6.45) is 0. The van der Waals surface area contributed by atoms with E-state index >= 15 is 0 Å². The molecule has 2 aromatic carbocycles. The van der Waals surface area contributed by atoms with Crippen molar-refractivity contribution in [3.8, 4) is 11.3 Å². The SMILES string of the molecule is Cc1ccc(NC(=O)c2ccc(-c3cccc(Cl)c3C)o2)cc1Cl. The van der Waals surface area contributed by atoms with E-state index in [9.17, 15) is 4.79 Å². The predicted molar refractivity (Wildman–Crippen MR) is 98.0 cm³/mol. The molecular formula is C19H15Cl2NO2. The molecule has 1 amide bonds. The van der Waals surface area contributed by atoms with Gasteiger partial charge in [-0.05, 0) is 55.3 Å². The Labute approximate surface area is 150 Å². The number of hydrogen-bond donors (Lipinski definition) is 1. The molecule has 3 rings (SSSR count). The van der Waals surface area contributed by atoms with Crippen LogP contribution >= 0.6 is 23.2 Å². The van der Waals surface area contributed by atoms with Gasteiger partial charge in [-0.2, -0.15) is 0 Å². The molecule has 0 spiro atoms. The largest absolute Gasteiger partial charge is 0.451 e. The van der Waals surface area contributed by atoms with E-state index < -0.39 is 0 Å². The van der Waals surface area contributed by atoms with Gasteiger partial charge in [0.2, 0.25) is 0 Å². The van der Waals surface area contributed by atoms with Crippen molar-refractivity contribution in [1.82, 2.24) is 0 Å². The van der Waals surface area contributed by atoms with Crippen LogP contribution in [0.2, 0.25) is 10.0 Å². The molecule has 0 atom stereocenters. The quantitative estimate of drug-likeness (QED) is 0.611. The van der Waals surface area contributed by atoms with Gasteiger partial charge in [0.25, 0.3) is 5.91 Å². The molecule has 0 aliphatic heterocycles. The van der Waals surface area contributed by atoms with E-state index in [2.05, 4.69) is 5.32 Å². The van der Waals surface area contributed by atoms with Crippen LogP contribution in [0.4, 0.5) is 5.69 Å².